The topological polar surface area (TPSA) is 133 Å². The molecule has 2 amide bonds. The highest BCUT2D eigenvalue weighted by molar-refractivity contribution is 5.96. The van der Waals surface area contributed by atoms with Gasteiger partial charge in [0, 0.05) is 57.5 Å². The van der Waals surface area contributed by atoms with Crippen molar-refractivity contribution in [2.24, 2.45) is 5.73 Å². The average molecular weight is 602 g/mol. The third-order valence-electron chi connectivity index (χ3n) is 8.95. The van der Waals surface area contributed by atoms with E-state index in [0.29, 0.717) is 24.1 Å². The number of nitrogens with zero attached hydrogens (tertiary/aromatic N) is 6. The number of anilines is 3. The molecule has 2 atom stereocenters. The van der Waals surface area contributed by atoms with Crippen LogP contribution in [0.2, 0.25) is 0 Å². The Labute approximate surface area is 257 Å². The molecule has 4 N–H and O–H groups in total. The number of likely N-dealkylation sites (N-methyl/N-ethyl adjacent to an activating group) is 1. The predicted octanol–water partition coefficient (Wildman–Crippen LogP) is 3.27. The number of hydrogen-bond donors (Lipinski definition) is 3. The van der Waals surface area contributed by atoms with Crippen LogP contribution in [0, 0.1) is 5.82 Å². The first-order valence-electron chi connectivity index (χ1n) is 15.4. The Hall–Kier alpha value is -4.16. The van der Waals surface area contributed by atoms with Crippen molar-refractivity contribution in [3.63, 3.8) is 0 Å². The molecule has 4 heterocycles. The van der Waals surface area contributed by atoms with Crippen molar-refractivity contribution >= 4 is 29.3 Å². The molecule has 1 aromatic carbocycles. The summed E-state index contributed by atoms with van der Waals surface area (Å²) in [6.07, 6.45) is 7.02. The molecule has 1 saturated carbocycles. The second-order valence-corrected chi connectivity index (χ2v) is 12.2. The van der Waals surface area contributed by atoms with Gasteiger partial charge in [0.05, 0.1) is 11.8 Å². The number of rotatable bonds is 9. The molecule has 2 aliphatic heterocycles. The molecule has 0 bridgehead atoms. The van der Waals surface area contributed by atoms with Gasteiger partial charge in [0.25, 0.3) is 11.8 Å². The summed E-state index contributed by atoms with van der Waals surface area (Å²) in [5.41, 5.74) is 7.75. The lowest BCUT2D eigenvalue weighted by molar-refractivity contribution is 0.0919. The monoisotopic (exact) mass is 601 g/mol. The van der Waals surface area contributed by atoms with Crippen molar-refractivity contribution in [2.75, 3.05) is 50.0 Å². The molecule has 0 spiro atoms. The first kappa shape index (κ1) is 29.9. The Morgan fingerprint density at radius 2 is 1.82 bits per heavy atom. The number of aromatic nitrogens is 3. The third kappa shape index (κ3) is 6.81. The van der Waals surface area contributed by atoms with E-state index >= 15 is 0 Å². The predicted molar refractivity (Wildman–Crippen MR) is 167 cm³/mol. The zero-order valence-electron chi connectivity index (χ0n) is 25.3. The number of halogens is 1. The highest BCUT2D eigenvalue weighted by atomic mass is 19.1. The van der Waals surface area contributed by atoms with Gasteiger partial charge in [-0.05, 0) is 74.9 Å². The summed E-state index contributed by atoms with van der Waals surface area (Å²) in [5.74, 6) is 0.0656. The van der Waals surface area contributed by atoms with E-state index in [1.54, 1.807) is 6.07 Å². The number of nitrogens with two attached hydrogens (primary N) is 1. The van der Waals surface area contributed by atoms with Crippen LogP contribution < -0.4 is 21.3 Å². The second-order valence-electron chi connectivity index (χ2n) is 12.2. The van der Waals surface area contributed by atoms with Gasteiger partial charge in [0.2, 0.25) is 0 Å². The molecule has 2 saturated heterocycles. The van der Waals surface area contributed by atoms with Crippen molar-refractivity contribution in [1.82, 2.24) is 30.1 Å². The fourth-order valence-electron chi connectivity index (χ4n) is 6.05. The number of benzene rings is 1. The van der Waals surface area contributed by atoms with E-state index in [9.17, 15) is 14.0 Å². The van der Waals surface area contributed by atoms with Gasteiger partial charge in [-0.2, -0.15) is 0 Å². The maximum absolute atomic E-state index is 14.8. The van der Waals surface area contributed by atoms with Gasteiger partial charge in [0.15, 0.2) is 11.5 Å². The van der Waals surface area contributed by atoms with Crippen molar-refractivity contribution in [3.8, 4) is 0 Å². The molecule has 232 valence electrons. The Bertz CT molecular complexity index is 1510. The zero-order chi connectivity index (χ0) is 30.8. The summed E-state index contributed by atoms with van der Waals surface area (Å²) in [6.45, 7) is 7.64. The molecule has 2 aromatic heterocycles. The smallest absolute Gasteiger partial charge is 0.271 e. The highest BCUT2D eigenvalue weighted by Crippen LogP contribution is 2.40. The van der Waals surface area contributed by atoms with Crippen LogP contribution in [0.4, 0.5) is 21.8 Å². The number of carbonyl (C=O) groups is 2. The average Bonchev–Trinajstić information content (AvgIpc) is 3.86. The fraction of sp³-hybridized carbons (Fsp3) is 0.469. The number of amides is 2. The Morgan fingerprint density at radius 1 is 1.02 bits per heavy atom. The zero-order valence-corrected chi connectivity index (χ0v) is 25.3. The van der Waals surface area contributed by atoms with Gasteiger partial charge in [-0.3, -0.25) is 14.5 Å². The van der Waals surface area contributed by atoms with Crippen LogP contribution in [0.5, 0.6) is 0 Å². The van der Waals surface area contributed by atoms with Crippen molar-refractivity contribution in [2.45, 2.75) is 57.2 Å². The standard InChI is InChI=1S/C32H40FN9O2/c1-20-26(37-32(44)24-9-8-23(16-25(24)33)22-6-7-22)4-3-11-42(20)28-18-36-29(30(34)43)31(39-28)38-27-10-5-21(17-35-27)19-41-14-12-40(2)13-15-41/h5,8-10,16-18,20,22,26H,3-4,6-7,11-15,19H2,1-2H3,(H2,34,43)(H,37,44)(H,35,38,39)/t20-,26-/m1/s1. The molecular formula is C32H40FN9O2. The van der Waals surface area contributed by atoms with Crippen LogP contribution >= 0.6 is 0 Å². The minimum atomic E-state index is -0.704. The first-order chi connectivity index (χ1) is 21.2. The number of piperidine rings is 1. The van der Waals surface area contributed by atoms with E-state index in [-0.39, 0.29) is 29.2 Å². The summed E-state index contributed by atoms with van der Waals surface area (Å²) < 4.78 is 14.8. The van der Waals surface area contributed by atoms with Gasteiger partial charge in [-0.1, -0.05) is 12.1 Å². The van der Waals surface area contributed by atoms with E-state index in [0.717, 1.165) is 69.5 Å². The number of carbonyl (C=O) groups excluding carboxylic acids is 2. The van der Waals surface area contributed by atoms with Crippen molar-refractivity contribution < 1.29 is 14.0 Å². The molecule has 0 unspecified atom stereocenters. The van der Waals surface area contributed by atoms with E-state index < -0.39 is 17.6 Å². The van der Waals surface area contributed by atoms with Gasteiger partial charge < -0.3 is 26.2 Å². The minimum Gasteiger partial charge on any atom is -0.364 e. The molecule has 0 radical (unpaired) electrons. The molecule has 3 aliphatic rings. The number of nitrogens with one attached hydrogen (secondary N) is 2. The summed E-state index contributed by atoms with van der Waals surface area (Å²) in [4.78, 5) is 45.7. The minimum absolute atomic E-state index is 0.0108. The molecule has 3 aromatic rings. The van der Waals surface area contributed by atoms with Gasteiger partial charge in [-0.25, -0.2) is 19.3 Å². The lowest BCUT2D eigenvalue weighted by Gasteiger charge is -2.40. The number of pyridine rings is 1. The van der Waals surface area contributed by atoms with Crippen molar-refractivity contribution in [1.29, 1.82) is 0 Å². The number of primary amides is 1. The normalized spacial score (nSPS) is 21.2. The van der Waals surface area contributed by atoms with E-state index in [1.165, 1.54) is 12.3 Å². The third-order valence-corrected chi connectivity index (χ3v) is 8.95. The molecular weight excluding hydrogens is 561 g/mol. The van der Waals surface area contributed by atoms with Gasteiger partial charge in [0.1, 0.15) is 17.5 Å². The number of piperazine rings is 1. The molecule has 1 aliphatic carbocycles. The molecule has 12 heteroatoms. The number of hydrogen-bond acceptors (Lipinski definition) is 9. The lowest BCUT2D eigenvalue weighted by Crippen LogP contribution is -2.54. The van der Waals surface area contributed by atoms with Crippen LogP contribution in [0.25, 0.3) is 0 Å². The first-order valence-corrected chi connectivity index (χ1v) is 15.4. The summed E-state index contributed by atoms with van der Waals surface area (Å²) in [6, 6.07) is 8.41. The Balaban J connectivity index is 1.14. The van der Waals surface area contributed by atoms with Gasteiger partial charge >= 0.3 is 0 Å². The fourth-order valence-corrected chi connectivity index (χ4v) is 6.05. The maximum Gasteiger partial charge on any atom is 0.271 e. The Morgan fingerprint density at radius 3 is 2.50 bits per heavy atom. The maximum atomic E-state index is 14.8. The summed E-state index contributed by atoms with van der Waals surface area (Å²) >= 11 is 0. The largest absolute Gasteiger partial charge is 0.364 e. The quantitative estimate of drug-likeness (QED) is 0.338. The molecule has 6 rings (SSSR count). The van der Waals surface area contributed by atoms with Crippen LogP contribution in [-0.2, 0) is 6.54 Å². The van der Waals surface area contributed by atoms with E-state index in [1.807, 2.05) is 36.2 Å². The molecule has 11 nitrogen and oxygen atoms in total. The van der Waals surface area contributed by atoms with Crippen LogP contribution in [0.3, 0.4) is 0 Å². The summed E-state index contributed by atoms with van der Waals surface area (Å²) in [7, 11) is 2.14. The second kappa shape index (κ2) is 12.8. The Kier molecular flexibility index (Phi) is 8.72. The van der Waals surface area contributed by atoms with E-state index in [2.05, 4.69) is 37.4 Å². The summed E-state index contributed by atoms with van der Waals surface area (Å²) in [5, 5.41) is 6.17. The molecule has 44 heavy (non-hydrogen) atoms. The highest BCUT2D eigenvalue weighted by Gasteiger charge is 2.32. The SMILES string of the molecule is C[C@@H]1[C@H](NC(=O)c2ccc(C3CC3)cc2F)CCCN1c1cnc(C(N)=O)c(Nc2ccc(CN3CCN(C)CC3)cn2)n1. The molecule has 3 fully saturated rings. The van der Waals surface area contributed by atoms with Crippen molar-refractivity contribution in [3.05, 3.63) is 70.9 Å². The van der Waals surface area contributed by atoms with Crippen LogP contribution in [0.1, 0.15) is 70.5 Å². The van der Waals surface area contributed by atoms with Crippen LogP contribution in [-0.4, -0.2) is 88.4 Å². The lowest BCUT2D eigenvalue weighted by atomic mass is 9.96. The van der Waals surface area contributed by atoms with E-state index in [4.69, 9.17) is 10.7 Å². The van der Waals surface area contributed by atoms with Crippen LogP contribution in [0.15, 0.2) is 42.7 Å². The van der Waals surface area contributed by atoms with Gasteiger partial charge in [-0.15, -0.1) is 0 Å².